The predicted molar refractivity (Wildman–Crippen MR) is 74.6 cm³/mol. The van der Waals surface area contributed by atoms with Gasteiger partial charge in [0, 0.05) is 37.3 Å². The molecule has 1 rings (SSSR count). The van der Waals surface area contributed by atoms with Gasteiger partial charge in [-0.1, -0.05) is 0 Å². The molecule has 0 unspecified atom stereocenters. The Bertz CT molecular complexity index is 200. The summed E-state index contributed by atoms with van der Waals surface area (Å²) in [6, 6.07) is 0.585. The van der Waals surface area contributed by atoms with Crippen molar-refractivity contribution in [2.24, 2.45) is 5.92 Å². The van der Waals surface area contributed by atoms with Gasteiger partial charge in [-0.25, -0.2) is 0 Å². The van der Waals surface area contributed by atoms with Crippen LogP contribution in [0.3, 0.4) is 0 Å². The second-order valence-corrected chi connectivity index (χ2v) is 6.66. The highest BCUT2D eigenvalue weighted by Gasteiger charge is 2.19. The highest BCUT2D eigenvalue weighted by Crippen LogP contribution is 2.18. The van der Waals surface area contributed by atoms with Crippen LogP contribution in [0, 0.1) is 5.92 Å². The average Bonchev–Trinajstić information content (AvgIpc) is 2.28. The van der Waals surface area contributed by atoms with Gasteiger partial charge >= 0.3 is 0 Å². The summed E-state index contributed by atoms with van der Waals surface area (Å²) < 4.78 is 5.37. The largest absolute Gasteiger partial charge is 0.390 e. The van der Waals surface area contributed by atoms with Crippen LogP contribution in [-0.2, 0) is 4.74 Å². The molecule has 1 aliphatic rings. The maximum atomic E-state index is 9.57. The summed E-state index contributed by atoms with van der Waals surface area (Å²) in [5.74, 6) is 2.64. The van der Waals surface area contributed by atoms with Crippen LogP contribution >= 0.6 is 11.8 Å². The third-order valence-electron chi connectivity index (χ3n) is 3.14. The number of hydrogen-bond acceptors (Lipinski definition) is 4. The van der Waals surface area contributed by atoms with E-state index >= 15 is 0 Å². The normalized spacial score (nSPS) is 20.5. The Kier molecular flexibility index (Phi) is 6.85. The fraction of sp³-hybridized carbons (Fsp3) is 1.00. The van der Waals surface area contributed by atoms with Crippen LogP contribution in [0.2, 0.25) is 0 Å². The summed E-state index contributed by atoms with van der Waals surface area (Å²) in [5.41, 5.74) is -0.545. The number of nitrogens with one attached hydrogen (secondary N) is 1. The SMILES string of the molecule is C[C@@H](NCCSCC(C)(C)O)C1CCOCC1. The van der Waals surface area contributed by atoms with E-state index in [0.29, 0.717) is 6.04 Å². The molecule has 0 aromatic heterocycles. The molecule has 0 aromatic carbocycles. The summed E-state index contributed by atoms with van der Waals surface area (Å²) in [5, 5.41) is 13.2. The lowest BCUT2D eigenvalue weighted by molar-refractivity contribution is 0.0562. The van der Waals surface area contributed by atoms with Crippen molar-refractivity contribution in [2.75, 3.05) is 31.3 Å². The second-order valence-electron chi connectivity index (χ2n) is 5.56. The van der Waals surface area contributed by atoms with Crippen LogP contribution in [0.4, 0.5) is 0 Å². The first-order chi connectivity index (χ1) is 7.99. The third kappa shape index (κ3) is 7.29. The van der Waals surface area contributed by atoms with Gasteiger partial charge < -0.3 is 15.2 Å². The quantitative estimate of drug-likeness (QED) is 0.687. The predicted octanol–water partition coefficient (Wildman–Crippen LogP) is 1.90. The summed E-state index contributed by atoms with van der Waals surface area (Å²) >= 11 is 1.81. The van der Waals surface area contributed by atoms with E-state index in [1.165, 1.54) is 12.8 Å². The van der Waals surface area contributed by atoms with Crippen LogP contribution in [0.5, 0.6) is 0 Å². The third-order valence-corrected chi connectivity index (χ3v) is 4.54. The van der Waals surface area contributed by atoms with Gasteiger partial charge in [-0.3, -0.25) is 0 Å². The molecular formula is C13H27NO2S. The molecule has 3 nitrogen and oxygen atoms in total. The fourth-order valence-corrected chi connectivity index (χ4v) is 2.97. The number of hydrogen-bond donors (Lipinski definition) is 2. The molecule has 1 heterocycles. The lowest BCUT2D eigenvalue weighted by Crippen LogP contribution is -2.38. The summed E-state index contributed by atoms with van der Waals surface area (Å²) in [4.78, 5) is 0. The van der Waals surface area contributed by atoms with Crippen molar-refractivity contribution < 1.29 is 9.84 Å². The van der Waals surface area contributed by atoms with Crippen molar-refractivity contribution in [1.29, 1.82) is 0 Å². The van der Waals surface area contributed by atoms with E-state index in [1.54, 1.807) is 0 Å². The molecule has 0 bridgehead atoms. The van der Waals surface area contributed by atoms with Crippen LogP contribution in [0.1, 0.15) is 33.6 Å². The van der Waals surface area contributed by atoms with Gasteiger partial charge in [-0.2, -0.15) is 11.8 Å². The van der Waals surface area contributed by atoms with E-state index in [2.05, 4.69) is 12.2 Å². The van der Waals surface area contributed by atoms with Crippen LogP contribution in [0.25, 0.3) is 0 Å². The highest BCUT2D eigenvalue weighted by atomic mass is 32.2. The number of aliphatic hydroxyl groups is 1. The van der Waals surface area contributed by atoms with E-state index in [1.807, 2.05) is 25.6 Å². The monoisotopic (exact) mass is 261 g/mol. The molecule has 1 saturated heterocycles. The Morgan fingerprint density at radius 3 is 2.65 bits per heavy atom. The van der Waals surface area contributed by atoms with Gasteiger partial charge in [-0.15, -0.1) is 0 Å². The van der Waals surface area contributed by atoms with E-state index in [9.17, 15) is 5.11 Å². The number of thioether (sulfide) groups is 1. The minimum Gasteiger partial charge on any atom is -0.390 e. The zero-order chi connectivity index (χ0) is 12.7. The highest BCUT2D eigenvalue weighted by molar-refractivity contribution is 7.99. The molecule has 0 amide bonds. The lowest BCUT2D eigenvalue weighted by atomic mass is 9.93. The van der Waals surface area contributed by atoms with E-state index in [-0.39, 0.29) is 0 Å². The Morgan fingerprint density at radius 2 is 2.06 bits per heavy atom. The molecule has 4 heteroatoms. The van der Waals surface area contributed by atoms with E-state index in [4.69, 9.17) is 4.74 Å². The van der Waals surface area contributed by atoms with Gasteiger partial charge in [0.15, 0.2) is 0 Å². The van der Waals surface area contributed by atoms with Crippen molar-refractivity contribution >= 4 is 11.8 Å². The Morgan fingerprint density at radius 1 is 1.41 bits per heavy atom. The Labute approximate surface area is 110 Å². The summed E-state index contributed by atoms with van der Waals surface area (Å²) in [6.45, 7) is 8.86. The van der Waals surface area contributed by atoms with Gasteiger partial charge in [0.2, 0.25) is 0 Å². The molecule has 102 valence electrons. The minimum atomic E-state index is -0.545. The number of ether oxygens (including phenoxy) is 1. The molecule has 1 aliphatic heterocycles. The Hall–Kier alpha value is 0.230. The number of rotatable bonds is 7. The zero-order valence-electron chi connectivity index (χ0n) is 11.4. The van der Waals surface area contributed by atoms with Crippen molar-refractivity contribution in [3.8, 4) is 0 Å². The van der Waals surface area contributed by atoms with Gasteiger partial charge in [-0.05, 0) is 39.5 Å². The van der Waals surface area contributed by atoms with Crippen molar-refractivity contribution in [2.45, 2.75) is 45.3 Å². The van der Waals surface area contributed by atoms with Crippen molar-refractivity contribution in [3.63, 3.8) is 0 Å². The Balaban J connectivity index is 2.01. The fourth-order valence-electron chi connectivity index (χ4n) is 2.06. The summed E-state index contributed by atoms with van der Waals surface area (Å²) in [6.07, 6.45) is 2.37. The smallest absolute Gasteiger partial charge is 0.0681 e. The molecule has 0 aromatic rings. The van der Waals surface area contributed by atoms with E-state index in [0.717, 1.165) is 37.2 Å². The van der Waals surface area contributed by atoms with Gasteiger partial charge in [0.25, 0.3) is 0 Å². The van der Waals surface area contributed by atoms with Crippen molar-refractivity contribution in [1.82, 2.24) is 5.32 Å². The lowest BCUT2D eigenvalue weighted by Gasteiger charge is -2.28. The molecule has 1 atom stereocenters. The summed E-state index contributed by atoms with van der Waals surface area (Å²) in [7, 11) is 0. The average molecular weight is 261 g/mol. The molecule has 0 saturated carbocycles. The zero-order valence-corrected chi connectivity index (χ0v) is 12.2. The van der Waals surface area contributed by atoms with Crippen LogP contribution < -0.4 is 5.32 Å². The molecular weight excluding hydrogens is 234 g/mol. The first-order valence-electron chi connectivity index (χ1n) is 6.60. The van der Waals surface area contributed by atoms with Crippen LogP contribution in [-0.4, -0.2) is 48.0 Å². The first kappa shape index (κ1) is 15.3. The van der Waals surface area contributed by atoms with Crippen LogP contribution in [0.15, 0.2) is 0 Å². The topological polar surface area (TPSA) is 41.5 Å². The molecule has 0 spiro atoms. The molecule has 17 heavy (non-hydrogen) atoms. The maximum Gasteiger partial charge on any atom is 0.0681 e. The van der Waals surface area contributed by atoms with Gasteiger partial charge in [0.1, 0.15) is 0 Å². The molecule has 1 fully saturated rings. The van der Waals surface area contributed by atoms with Crippen molar-refractivity contribution in [3.05, 3.63) is 0 Å². The molecule has 2 N–H and O–H groups in total. The maximum absolute atomic E-state index is 9.57. The second kappa shape index (κ2) is 7.62. The van der Waals surface area contributed by atoms with Gasteiger partial charge in [0.05, 0.1) is 5.60 Å². The molecule has 0 radical (unpaired) electrons. The minimum absolute atomic E-state index is 0.545. The first-order valence-corrected chi connectivity index (χ1v) is 7.76. The van der Waals surface area contributed by atoms with E-state index < -0.39 is 5.60 Å². The molecule has 0 aliphatic carbocycles. The standard InChI is InChI=1S/C13H27NO2S/c1-11(12-4-7-16-8-5-12)14-6-9-17-10-13(2,3)15/h11-12,14-15H,4-10H2,1-3H3/t11-/m1/s1.